The molecule has 3 rings (SSSR count). The zero-order valence-electron chi connectivity index (χ0n) is 11.4. The zero-order valence-corrected chi connectivity index (χ0v) is 11.4. The molecule has 2 aliphatic heterocycles. The summed E-state index contributed by atoms with van der Waals surface area (Å²) >= 11 is 0. The minimum absolute atomic E-state index is 0.00577. The fourth-order valence-electron chi connectivity index (χ4n) is 2.53. The molecule has 0 saturated carbocycles. The molecule has 0 aromatic heterocycles. The van der Waals surface area contributed by atoms with Crippen LogP contribution in [0.15, 0.2) is 24.3 Å². The minimum Gasteiger partial charge on any atom is -0.381 e. The van der Waals surface area contributed by atoms with Gasteiger partial charge in [-0.1, -0.05) is 12.1 Å². The van der Waals surface area contributed by atoms with Crippen molar-refractivity contribution in [2.45, 2.75) is 6.04 Å². The SMILES string of the molecule is CN1CCN(C(=O)C2CNc3ccccc3N2)CC1=O. The molecule has 1 unspecified atom stereocenters. The van der Waals surface area contributed by atoms with Crippen LogP contribution in [0.5, 0.6) is 0 Å². The van der Waals surface area contributed by atoms with Gasteiger partial charge in [-0.2, -0.15) is 0 Å². The van der Waals surface area contributed by atoms with E-state index in [0.29, 0.717) is 19.6 Å². The molecular formula is C14H18N4O2. The van der Waals surface area contributed by atoms with Gasteiger partial charge >= 0.3 is 0 Å². The first-order valence-electron chi connectivity index (χ1n) is 6.77. The number of piperazine rings is 1. The second-order valence-corrected chi connectivity index (χ2v) is 5.20. The molecule has 0 spiro atoms. The van der Waals surface area contributed by atoms with Gasteiger partial charge < -0.3 is 20.4 Å². The summed E-state index contributed by atoms with van der Waals surface area (Å²) in [5, 5.41) is 6.49. The van der Waals surface area contributed by atoms with E-state index in [1.165, 1.54) is 0 Å². The van der Waals surface area contributed by atoms with Crippen LogP contribution in [0.1, 0.15) is 0 Å². The number of nitrogens with zero attached hydrogens (tertiary/aromatic N) is 2. The van der Waals surface area contributed by atoms with Crippen LogP contribution < -0.4 is 10.6 Å². The van der Waals surface area contributed by atoms with Crippen LogP contribution in [-0.2, 0) is 9.59 Å². The monoisotopic (exact) mass is 274 g/mol. The van der Waals surface area contributed by atoms with Crippen molar-refractivity contribution in [1.82, 2.24) is 9.80 Å². The highest BCUT2D eigenvalue weighted by Crippen LogP contribution is 2.25. The summed E-state index contributed by atoms with van der Waals surface area (Å²) in [7, 11) is 1.76. The summed E-state index contributed by atoms with van der Waals surface area (Å²) in [5.41, 5.74) is 1.93. The molecule has 6 heteroatoms. The number of likely N-dealkylation sites (N-methyl/N-ethyl adjacent to an activating group) is 1. The first-order valence-corrected chi connectivity index (χ1v) is 6.77. The van der Waals surface area contributed by atoms with Gasteiger partial charge in [0.2, 0.25) is 11.8 Å². The van der Waals surface area contributed by atoms with Crippen molar-refractivity contribution in [3.05, 3.63) is 24.3 Å². The third-order valence-corrected chi connectivity index (χ3v) is 3.82. The topological polar surface area (TPSA) is 64.7 Å². The first-order chi connectivity index (χ1) is 9.65. The average molecular weight is 274 g/mol. The van der Waals surface area contributed by atoms with Crippen LogP contribution in [0.3, 0.4) is 0 Å². The molecule has 1 saturated heterocycles. The van der Waals surface area contributed by atoms with Gasteiger partial charge in [0.15, 0.2) is 0 Å². The quantitative estimate of drug-likeness (QED) is 0.767. The Balaban J connectivity index is 1.69. The molecule has 1 aromatic rings. The molecule has 20 heavy (non-hydrogen) atoms. The van der Waals surface area contributed by atoms with Crippen LogP contribution in [0.25, 0.3) is 0 Å². The molecule has 2 N–H and O–H groups in total. The molecule has 0 bridgehead atoms. The average Bonchev–Trinajstić information content (AvgIpc) is 2.49. The molecule has 0 radical (unpaired) electrons. The Morgan fingerprint density at radius 2 is 2.00 bits per heavy atom. The third kappa shape index (κ3) is 2.29. The summed E-state index contributed by atoms with van der Waals surface area (Å²) in [6.07, 6.45) is 0. The van der Waals surface area contributed by atoms with Crippen LogP contribution in [0.2, 0.25) is 0 Å². The molecule has 1 atom stereocenters. The first kappa shape index (κ1) is 12.8. The molecule has 1 aromatic carbocycles. The Bertz CT molecular complexity index is 546. The summed E-state index contributed by atoms with van der Waals surface area (Å²) in [4.78, 5) is 27.4. The zero-order chi connectivity index (χ0) is 14.1. The van der Waals surface area contributed by atoms with E-state index in [9.17, 15) is 9.59 Å². The smallest absolute Gasteiger partial charge is 0.247 e. The van der Waals surface area contributed by atoms with Gasteiger partial charge in [0.1, 0.15) is 6.04 Å². The fourth-order valence-corrected chi connectivity index (χ4v) is 2.53. The number of hydrogen-bond donors (Lipinski definition) is 2. The highest BCUT2D eigenvalue weighted by Gasteiger charge is 2.31. The third-order valence-electron chi connectivity index (χ3n) is 3.82. The lowest BCUT2D eigenvalue weighted by Gasteiger charge is -2.36. The Morgan fingerprint density at radius 1 is 1.25 bits per heavy atom. The van der Waals surface area contributed by atoms with Crippen molar-refractivity contribution >= 4 is 23.2 Å². The molecule has 2 amide bonds. The number of amides is 2. The van der Waals surface area contributed by atoms with E-state index in [-0.39, 0.29) is 24.4 Å². The Kier molecular flexibility index (Phi) is 3.22. The van der Waals surface area contributed by atoms with E-state index >= 15 is 0 Å². The molecule has 2 aliphatic rings. The van der Waals surface area contributed by atoms with E-state index in [4.69, 9.17) is 0 Å². The van der Waals surface area contributed by atoms with Gasteiger partial charge in [-0.25, -0.2) is 0 Å². The standard InChI is InChI=1S/C14H18N4O2/c1-17-6-7-18(9-13(17)19)14(20)12-8-15-10-4-2-3-5-11(10)16-12/h2-5,12,15-16H,6-9H2,1H3. The van der Waals surface area contributed by atoms with Gasteiger partial charge in [-0.3, -0.25) is 9.59 Å². The second-order valence-electron chi connectivity index (χ2n) is 5.20. The lowest BCUT2D eigenvalue weighted by atomic mass is 10.1. The number of carbonyl (C=O) groups is 2. The highest BCUT2D eigenvalue weighted by atomic mass is 16.2. The number of nitrogens with one attached hydrogen (secondary N) is 2. The second kappa shape index (κ2) is 5.03. The van der Waals surface area contributed by atoms with Gasteiger partial charge in [0, 0.05) is 26.7 Å². The van der Waals surface area contributed by atoms with E-state index in [1.807, 2.05) is 24.3 Å². The molecule has 6 nitrogen and oxygen atoms in total. The molecule has 0 aliphatic carbocycles. The number of hydrogen-bond acceptors (Lipinski definition) is 4. The number of benzene rings is 1. The summed E-state index contributed by atoms with van der Waals surface area (Å²) < 4.78 is 0. The van der Waals surface area contributed by atoms with Crippen LogP contribution in [0.4, 0.5) is 11.4 Å². The number of rotatable bonds is 1. The summed E-state index contributed by atoms with van der Waals surface area (Å²) in [6.45, 7) is 1.91. The van der Waals surface area contributed by atoms with Crippen molar-refractivity contribution < 1.29 is 9.59 Å². The van der Waals surface area contributed by atoms with Crippen LogP contribution in [0, 0.1) is 0 Å². The van der Waals surface area contributed by atoms with Gasteiger partial charge in [-0.15, -0.1) is 0 Å². The van der Waals surface area contributed by atoms with Crippen molar-refractivity contribution in [3.63, 3.8) is 0 Å². The number of para-hydroxylation sites is 2. The Hall–Kier alpha value is -2.24. The Morgan fingerprint density at radius 3 is 2.75 bits per heavy atom. The molecule has 1 fully saturated rings. The minimum atomic E-state index is -0.318. The largest absolute Gasteiger partial charge is 0.381 e. The predicted molar refractivity (Wildman–Crippen MR) is 76.6 cm³/mol. The maximum atomic E-state index is 12.5. The maximum Gasteiger partial charge on any atom is 0.247 e. The van der Waals surface area contributed by atoms with E-state index in [2.05, 4.69) is 10.6 Å². The van der Waals surface area contributed by atoms with Gasteiger partial charge in [0.25, 0.3) is 0 Å². The van der Waals surface area contributed by atoms with Gasteiger partial charge in [-0.05, 0) is 12.1 Å². The van der Waals surface area contributed by atoms with Crippen molar-refractivity contribution in [1.29, 1.82) is 0 Å². The fraction of sp³-hybridized carbons (Fsp3) is 0.429. The summed E-state index contributed by atoms with van der Waals surface area (Å²) in [6, 6.07) is 7.48. The number of anilines is 2. The van der Waals surface area contributed by atoms with Crippen molar-refractivity contribution in [2.75, 3.05) is 43.9 Å². The van der Waals surface area contributed by atoms with Crippen LogP contribution in [-0.4, -0.2) is 60.9 Å². The maximum absolute atomic E-state index is 12.5. The van der Waals surface area contributed by atoms with Gasteiger partial charge in [0.05, 0.1) is 17.9 Å². The van der Waals surface area contributed by atoms with E-state index < -0.39 is 0 Å². The number of fused-ring (bicyclic) bond motifs is 1. The lowest BCUT2D eigenvalue weighted by Crippen LogP contribution is -2.56. The molecule has 106 valence electrons. The van der Waals surface area contributed by atoms with E-state index in [0.717, 1.165) is 11.4 Å². The number of carbonyl (C=O) groups excluding carboxylic acids is 2. The van der Waals surface area contributed by atoms with E-state index in [1.54, 1.807) is 16.8 Å². The Labute approximate surface area is 117 Å². The normalized spacial score (nSPS) is 21.9. The molecular weight excluding hydrogens is 256 g/mol. The van der Waals surface area contributed by atoms with Crippen molar-refractivity contribution in [3.8, 4) is 0 Å². The highest BCUT2D eigenvalue weighted by molar-refractivity contribution is 5.92. The summed E-state index contributed by atoms with van der Waals surface area (Å²) in [5.74, 6) is -0.0257. The lowest BCUT2D eigenvalue weighted by molar-refractivity contribution is -0.144. The van der Waals surface area contributed by atoms with Crippen molar-refractivity contribution in [2.24, 2.45) is 0 Å². The van der Waals surface area contributed by atoms with Crippen LogP contribution >= 0.6 is 0 Å². The molecule has 2 heterocycles. The predicted octanol–water partition coefficient (Wildman–Crippen LogP) is 0.193.